The molecule has 1 heterocycles. The maximum Gasteiger partial charge on any atom is 0.315 e. The average molecular weight is 337 g/mol. The molecule has 1 aliphatic heterocycles. The van der Waals surface area contributed by atoms with Crippen LogP contribution in [0.5, 0.6) is 0 Å². The summed E-state index contributed by atoms with van der Waals surface area (Å²) in [7, 11) is 0. The van der Waals surface area contributed by atoms with Gasteiger partial charge in [-0.05, 0) is 44.0 Å². The minimum atomic E-state index is -0.305. The van der Waals surface area contributed by atoms with Gasteiger partial charge in [-0.25, -0.2) is 4.39 Å². The molecule has 1 aromatic carbocycles. The van der Waals surface area contributed by atoms with E-state index in [-0.39, 0.29) is 28.8 Å². The lowest BCUT2D eigenvalue weighted by molar-refractivity contribution is -0.140. The SMILES string of the molecule is CCOC(=O)CS[C@H]1C(C)=C(C)C(=O)N1Cc1ccc(F)cc1. The first-order valence-corrected chi connectivity index (χ1v) is 8.49. The molecule has 0 saturated heterocycles. The van der Waals surface area contributed by atoms with Gasteiger partial charge in [0.05, 0.1) is 12.4 Å². The van der Waals surface area contributed by atoms with Crippen LogP contribution in [0, 0.1) is 5.82 Å². The van der Waals surface area contributed by atoms with Gasteiger partial charge in [-0.1, -0.05) is 12.1 Å². The lowest BCUT2D eigenvalue weighted by Crippen LogP contribution is -2.33. The number of carbonyl (C=O) groups excluding carboxylic acids is 2. The summed E-state index contributed by atoms with van der Waals surface area (Å²) in [6, 6.07) is 6.09. The maximum absolute atomic E-state index is 13.0. The highest BCUT2D eigenvalue weighted by Crippen LogP contribution is 2.34. The molecule has 0 aromatic heterocycles. The number of carbonyl (C=O) groups is 2. The second-order valence-corrected chi connectivity index (χ2v) is 6.40. The first-order valence-electron chi connectivity index (χ1n) is 7.44. The van der Waals surface area contributed by atoms with Gasteiger partial charge in [0, 0.05) is 12.1 Å². The fourth-order valence-corrected chi connectivity index (χ4v) is 3.57. The lowest BCUT2D eigenvalue weighted by Gasteiger charge is -2.26. The second-order valence-electron chi connectivity index (χ2n) is 5.34. The van der Waals surface area contributed by atoms with E-state index in [0.717, 1.165) is 11.1 Å². The molecule has 0 radical (unpaired) electrons. The number of amides is 1. The molecule has 1 aromatic rings. The van der Waals surface area contributed by atoms with Crippen molar-refractivity contribution in [3.8, 4) is 0 Å². The summed E-state index contributed by atoms with van der Waals surface area (Å²) in [5.41, 5.74) is 2.50. The standard InChI is InChI=1S/C17H20FNO3S/c1-4-22-15(20)10-23-17-12(3)11(2)16(21)19(17)9-13-5-7-14(18)8-6-13/h5-8,17H,4,9-10H2,1-3H3/t17-/m0/s1. The van der Waals surface area contributed by atoms with Crippen LogP contribution in [-0.4, -0.2) is 34.5 Å². The van der Waals surface area contributed by atoms with Crippen molar-refractivity contribution in [2.75, 3.05) is 12.4 Å². The molecule has 0 bridgehead atoms. The Bertz CT molecular complexity index is 627. The fourth-order valence-electron chi connectivity index (χ4n) is 2.42. The van der Waals surface area contributed by atoms with Crippen molar-refractivity contribution in [3.63, 3.8) is 0 Å². The Hall–Kier alpha value is -1.82. The number of ether oxygens (including phenoxy) is 1. The molecule has 0 spiro atoms. The number of halogens is 1. The Labute approximate surface area is 139 Å². The third-order valence-electron chi connectivity index (χ3n) is 3.76. The molecule has 0 aliphatic carbocycles. The Morgan fingerprint density at radius 3 is 2.57 bits per heavy atom. The van der Waals surface area contributed by atoms with Gasteiger partial charge in [0.15, 0.2) is 0 Å². The average Bonchev–Trinajstić information content (AvgIpc) is 2.72. The van der Waals surface area contributed by atoms with E-state index < -0.39 is 0 Å². The number of hydrogen-bond acceptors (Lipinski definition) is 4. The number of benzene rings is 1. The molecule has 1 aliphatic rings. The molecule has 0 fully saturated rings. The molecule has 23 heavy (non-hydrogen) atoms. The highest BCUT2D eigenvalue weighted by Gasteiger charge is 2.35. The largest absolute Gasteiger partial charge is 0.465 e. The molecular weight excluding hydrogens is 317 g/mol. The summed E-state index contributed by atoms with van der Waals surface area (Å²) in [5.74, 6) is -0.450. The summed E-state index contributed by atoms with van der Waals surface area (Å²) in [4.78, 5) is 25.7. The first kappa shape index (κ1) is 17.5. The van der Waals surface area contributed by atoms with Crippen LogP contribution in [0.2, 0.25) is 0 Å². The molecule has 1 amide bonds. The molecule has 0 saturated carbocycles. The van der Waals surface area contributed by atoms with Gasteiger partial charge in [-0.3, -0.25) is 9.59 Å². The Kier molecular flexibility index (Phi) is 5.82. The van der Waals surface area contributed by atoms with Crippen molar-refractivity contribution in [2.24, 2.45) is 0 Å². The van der Waals surface area contributed by atoms with Gasteiger partial charge in [0.1, 0.15) is 11.2 Å². The van der Waals surface area contributed by atoms with E-state index in [1.165, 1.54) is 23.9 Å². The summed E-state index contributed by atoms with van der Waals surface area (Å²) >= 11 is 1.38. The van der Waals surface area contributed by atoms with E-state index in [2.05, 4.69) is 0 Å². The van der Waals surface area contributed by atoms with Gasteiger partial charge >= 0.3 is 5.97 Å². The van der Waals surface area contributed by atoms with Crippen LogP contribution in [0.4, 0.5) is 4.39 Å². The molecule has 1 atom stereocenters. The van der Waals surface area contributed by atoms with E-state index in [1.807, 2.05) is 6.92 Å². The smallest absolute Gasteiger partial charge is 0.315 e. The summed E-state index contributed by atoms with van der Waals surface area (Å²) in [6.07, 6.45) is 0. The Morgan fingerprint density at radius 1 is 1.30 bits per heavy atom. The van der Waals surface area contributed by atoms with Crippen LogP contribution in [-0.2, 0) is 20.9 Å². The number of thioether (sulfide) groups is 1. The van der Waals surface area contributed by atoms with Crippen LogP contribution in [0.15, 0.2) is 35.4 Å². The zero-order chi connectivity index (χ0) is 17.0. The van der Waals surface area contributed by atoms with Crippen molar-refractivity contribution in [2.45, 2.75) is 32.7 Å². The van der Waals surface area contributed by atoms with Crippen molar-refractivity contribution in [3.05, 3.63) is 46.8 Å². The first-order chi connectivity index (χ1) is 10.9. The third kappa shape index (κ3) is 4.13. The van der Waals surface area contributed by atoms with E-state index in [4.69, 9.17) is 4.74 Å². The zero-order valence-electron chi connectivity index (χ0n) is 13.5. The highest BCUT2D eigenvalue weighted by atomic mass is 32.2. The van der Waals surface area contributed by atoms with Crippen LogP contribution < -0.4 is 0 Å². The maximum atomic E-state index is 13.0. The van der Waals surface area contributed by atoms with Gasteiger partial charge in [0.25, 0.3) is 5.91 Å². The van der Waals surface area contributed by atoms with E-state index in [0.29, 0.717) is 18.7 Å². The second kappa shape index (κ2) is 7.64. The van der Waals surface area contributed by atoms with Gasteiger partial charge < -0.3 is 9.64 Å². The fraction of sp³-hybridized carbons (Fsp3) is 0.412. The number of nitrogens with zero attached hydrogens (tertiary/aromatic N) is 1. The quantitative estimate of drug-likeness (QED) is 0.748. The Morgan fingerprint density at radius 2 is 1.96 bits per heavy atom. The topological polar surface area (TPSA) is 46.6 Å². The minimum absolute atomic E-state index is 0.0480. The Balaban J connectivity index is 2.10. The number of esters is 1. The molecule has 0 N–H and O–H groups in total. The monoisotopic (exact) mass is 337 g/mol. The highest BCUT2D eigenvalue weighted by molar-refractivity contribution is 8.00. The molecule has 124 valence electrons. The van der Waals surface area contributed by atoms with Crippen molar-refractivity contribution < 1.29 is 18.7 Å². The summed E-state index contributed by atoms with van der Waals surface area (Å²) in [5, 5.41) is -0.197. The van der Waals surface area contributed by atoms with Crippen LogP contribution in [0.25, 0.3) is 0 Å². The van der Waals surface area contributed by atoms with Gasteiger partial charge in [0.2, 0.25) is 0 Å². The third-order valence-corrected chi connectivity index (χ3v) is 5.08. The van der Waals surface area contributed by atoms with Crippen LogP contribution in [0.3, 0.4) is 0 Å². The van der Waals surface area contributed by atoms with Crippen molar-refractivity contribution >= 4 is 23.6 Å². The molecule has 2 rings (SSSR count). The zero-order valence-corrected chi connectivity index (χ0v) is 14.3. The predicted octanol–water partition coefficient (Wildman–Crippen LogP) is 3.13. The van der Waals surface area contributed by atoms with Gasteiger partial charge in [-0.15, -0.1) is 11.8 Å². The van der Waals surface area contributed by atoms with Crippen LogP contribution in [0.1, 0.15) is 26.3 Å². The summed E-state index contributed by atoms with van der Waals surface area (Å²) in [6.45, 7) is 6.18. The van der Waals surface area contributed by atoms with Crippen molar-refractivity contribution in [1.82, 2.24) is 4.90 Å². The van der Waals surface area contributed by atoms with Gasteiger partial charge in [-0.2, -0.15) is 0 Å². The normalized spacial score (nSPS) is 17.8. The predicted molar refractivity (Wildman–Crippen MR) is 88.2 cm³/mol. The lowest BCUT2D eigenvalue weighted by atomic mass is 10.2. The van der Waals surface area contributed by atoms with E-state index in [1.54, 1.807) is 30.9 Å². The van der Waals surface area contributed by atoms with E-state index >= 15 is 0 Å². The molecular formula is C17H20FNO3S. The molecule has 6 heteroatoms. The molecule has 4 nitrogen and oxygen atoms in total. The minimum Gasteiger partial charge on any atom is -0.465 e. The van der Waals surface area contributed by atoms with Crippen LogP contribution >= 0.6 is 11.8 Å². The number of rotatable bonds is 6. The van der Waals surface area contributed by atoms with Crippen molar-refractivity contribution in [1.29, 1.82) is 0 Å². The number of hydrogen-bond donors (Lipinski definition) is 0. The molecule has 0 unspecified atom stereocenters. The van der Waals surface area contributed by atoms with E-state index in [9.17, 15) is 14.0 Å². The summed E-state index contributed by atoms with van der Waals surface area (Å²) < 4.78 is 18.0.